The minimum atomic E-state index is -0.243. The van der Waals surface area contributed by atoms with Crippen LogP contribution in [0.4, 0.5) is 0 Å². The molecular weight excluding hydrogens is 174 g/mol. The second-order valence-corrected chi connectivity index (χ2v) is 3.05. The Morgan fingerprint density at radius 2 is 2.00 bits per heavy atom. The normalized spacial score (nSPS) is 12.6. The average Bonchev–Trinajstić information content (AvgIpc) is 2.27. The van der Waals surface area contributed by atoms with Gasteiger partial charge in [0.1, 0.15) is 0 Å². The second kappa shape index (κ2) is 3.55. The van der Waals surface area contributed by atoms with Gasteiger partial charge in [0.05, 0.1) is 29.0 Å². The molecule has 1 heterocycles. The highest BCUT2D eigenvalue weighted by molar-refractivity contribution is 5.73. The Labute approximate surface area is 82.3 Å². The van der Waals surface area contributed by atoms with Crippen molar-refractivity contribution in [3.8, 4) is 0 Å². The smallest absolute Gasteiger partial charge is 0.0890 e. The van der Waals surface area contributed by atoms with Crippen LogP contribution in [0.1, 0.15) is 11.7 Å². The summed E-state index contributed by atoms with van der Waals surface area (Å²) in [7, 11) is 0. The first-order valence-corrected chi connectivity index (χ1v) is 4.41. The van der Waals surface area contributed by atoms with Gasteiger partial charge in [0.25, 0.3) is 0 Å². The number of nitrogens with two attached hydrogens (primary N) is 1. The monoisotopic (exact) mass is 185 g/mol. The van der Waals surface area contributed by atoms with Crippen molar-refractivity contribution in [1.29, 1.82) is 0 Å². The molecule has 70 valence electrons. The van der Waals surface area contributed by atoms with E-state index in [1.807, 2.05) is 24.3 Å². The fourth-order valence-electron chi connectivity index (χ4n) is 1.25. The van der Waals surface area contributed by atoms with Crippen molar-refractivity contribution in [2.24, 2.45) is 5.73 Å². The number of aromatic nitrogens is 2. The summed E-state index contributed by atoms with van der Waals surface area (Å²) in [6.45, 7) is 3.62. The zero-order valence-electron chi connectivity index (χ0n) is 7.72. The maximum atomic E-state index is 5.76. The number of benzene rings is 1. The van der Waals surface area contributed by atoms with Gasteiger partial charge >= 0.3 is 0 Å². The minimum Gasteiger partial charge on any atom is -0.319 e. The topological polar surface area (TPSA) is 51.8 Å². The average molecular weight is 185 g/mol. The van der Waals surface area contributed by atoms with E-state index >= 15 is 0 Å². The predicted octanol–water partition coefficient (Wildman–Crippen LogP) is 1.82. The van der Waals surface area contributed by atoms with Gasteiger partial charge in [0.15, 0.2) is 0 Å². The van der Waals surface area contributed by atoms with Gasteiger partial charge in [-0.1, -0.05) is 18.2 Å². The minimum absolute atomic E-state index is 0.243. The molecule has 2 aromatic rings. The molecule has 1 unspecified atom stereocenters. The lowest BCUT2D eigenvalue weighted by molar-refractivity contribution is 0.863. The molecule has 0 aliphatic carbocycles. The van der Waals surface area contributed by atoms with Gasteiger partial charge in [-0.05, 0) is 12.1 Å². The van der Waals surface area contributed by atoms with Crippen LogP contribution in [0.5, 0.6) is 0 Å². The van der Waals surface area contributed by atoms with E-state index in [0.717, 1.165) is 16.7 Å². The molecule has 0 saturated carbocycles. The lowest BCUT2D eigenvalue weighted by Gasteiger charge is -2.05. The highest BCUT2D eigenvalue weighted by Crippen LogP contribution is 2.12. The third-order valence-electron chi connectivity index (χ3n) is 2.06. The van der Waals surface area contributed by atoms with Gasteiger partial charge in [0, 0.05) is 0 Å². The largest absolute Gasteiger partial charge is 0.319 e. The second-order valence-electron chi connectivity index (χ2n) is 3.05. The Morgan fingerprint density at radius 1 is 1.29 bits per heavy atom. The molecule has 0 radical (unpaired) electrons. The number of rotatable bonds is 2. The molecule has 0 aliphatic rings. The Hall–Kier alpha value is -1.74. The summed E-state index contributed by atoms with van der Waals surface area (Å²) >= 11 is 0. The van der Waals surface area contributed by atoms with Crippen LogP contribution in [0.15, 0.2) is 43.1 Å². The summed E-state index contributed by atoms with van der Waals surface area (Å²) in [6.07, 6.45) is 3.34. The molecule has 0 bridgehead atoms. The van der Waals surface area contributed by atoms with Crippen LogP contribution in [0.3, 0.4) is 0 Å². The quantitative estimate of drug-likeness (QED) is 0.726. The standard InChI is InChI=1S/C11H11N3/c1-2-8(12)11-7-13-9-5-3-4-6-10(9)14-11/h2-8H,1,12H2. The van der Waals surface area contributed by atoms with E-state index < -0.39 is 0 Å². The van der Waals surface area contributed by atoms with E-state index in [1.165, 1.54) is 0 Å². The van der Waals surface area contributed by atoms with Crippen molar-refractivity contribution < 1.29 is 0 Å². The fourth-order valence-corrected chi connectivity index (χ4v) is 1.25. The molecule has 0 spiro atoms. The van der Waals surface area contributed by atoms with Crippen LogP contribution in [0.2, 0.25) is 0 Å². The van der Waals surface area contributed by atoms with E-state index in [1.54, 1.807) is 12.3 Å². The Morgan fingerprint density at radius 3 is 2.71 bits per heavy atom. The summed E-state index contributed by atoms with van der Waals surface area (Å²) < 4.78 is 0. The van der Waals surface area contributed by atoms with E-state index in [4.69, 9.17) is 5.73 Å². The molecule has 0 amide bonds. The zero-order valence-corrected chi connectivity index (χ0v) is 7.72. The molecule has 0 saturated heterocycles. The van der Waals surface area contributed by atoms with Gasteiger partial charge in [-0.2, -0.15) is 0 Å². The van der Waals surface area contributed by atoms with Gasteiger partial charge in [-0.3, -0.25) is 4.98 Å². The highest BCUT2D eigenvalue weighted by Gasteiger charge is 2.04. The third-order valence-corrected chi connectivity index (χ3v) is 2.06. The first-order valence-electron chi connectivity index (χ1n) is 4.41. The Kier molecular flexibility index (Phi) is 2.24. The summed E-state index contributed by atoms with van der Waals surface area (Å²) in [6, 6.07) is 7.46. The van der Waals surface area contributed by atoms with Crippen LogP contribution in [0, 0.1) is 0 Å². The molecular formula is C11H11N3. The SMILES string of the molecule is C=CC(N)c1cnc2ccccc2n1. The van der Waals surface area contributed by atoms with Crippen molar-refractivity contribution in [2.45, 2.75) is 6.04 Å². The zero-order chi connectivity index (χ0) is 9.97. The molecule has 3 heteroatoms. The lowest BCUT2D eigenvalue weighted by Crippen LogP contribution is -2.09. The van der Waals surface area contributed by atoms with E-state index in [0.29, 0.717) is 0 Å². The lowest BCUT2D eigenvalue weighted by atomic mass is 10.2. The van der Waals surface area contributed by atoms with Gasteiger partial charge < -0.3 is 5.73 Å². The van der Waals surface area contributed by atoms with E-state index in [2.05, 4.69) is 16.5 Å². The molecule has 2 rings (SSSR count). The highest BCUT2D eigenvalue weighted by atomic mass is 14.8. The molecule has 3 nitrogen and oxygen atoms in total. The van der Waals surface area contributed by atoms with Crippen molar-refractivity contribution >= 4 is 11.0 Å². The van der Waals surface area contributed by atoms with Gasteiger partial charge in [-0.25, -0.2) is 4.98 Å². The van der Waals surface area contributed by atoms with Crippen LogP contribution in [0.25, 0.3) is 11.0 Å². The summed E-state index contributed by atoms with van der Waals surface area (Å²) in [5, 5.41) is 0. The fraction of sp³-hybridized carbons (Fsp3) is 0.0909. The maximum absolute atomic E-state index is 5.76. The van der Waals surface area contributed by atoms with Crippen molar-refractivity contribution in [1.82, 2.24) is 9.97 Å². The van der Waals surface area contributed by atoms with Gasteiger partial charge in [0.2, 0.25) is 0 Å². The number of nitrogens with zero attached hydrogens (tertiary/aromatic N) is 2. The number of para-hydroxylation sites is 2. The maximum Gasteiger partial charge on any atom is 0.0890 e. The predicted molar refractivity (Wildman–Crippen MR) is 56.7 cm³/mol. The molecule has 0 aliphatic heterocycles. The van der Waals surface area contributed by atoms with E-state index in [-0.39, 0.29) is 6.04 Å². The molecule has 1 aromatic heterocycles. The number of hydrogen-bond acceptors (Lipinski definition) is 3. The van der Waals surface area contributed by atoms with E-state index in [9.17, 15) is 0 Å². The Balaban J connectivity index is 2.56. The molecule has 0 fully saturated rings. The summed E-state index contributed by atoms with van der Waals surface area (Å²) in [5.74, 6) is 0. The van der Waals surface area contributed by atoms with Gasteiger partial charge in [-0.15, -0.1) is 6.58 Å². The summed E-state index contributed by atoms with van der Waals surface area (Å²) in [4.78, 5) is 8.65. The van der Waals surface area contributed by atoms with Crippen molar-refractivity contribution in [3.63, 3.8) is 0 Å². The van der Waals surface area contributed by atoms with Crippen molar-refractivity contribution in [2.75, 3.05) is 0 Å². The van der Waals surface area contributed by atoms with Crippen LogP contribution < -0.4 is 5.73 Å². The molecule has 2 N–H and O–H groups in total. The first-order chi connectivity index (χ1) is 6.81. The van der Waals surface area contributed by atoms with Crippen LogP contribution in [-0.2, 0) is 0 Å². The molecule has 1 atom stereocenters. The van der Waals surface area contributed by atoms with Crippen LogP contribution >= 0.6 is 0 Å². The first kappa shape index (κ1) is 8.84. The van der Waals surface area contributed by atoms with Crippen molar-refractivity contribution in [3.05, 3.63) is 48.8 Å². The van der Waals surface area contributed by atoms with Crippen LogP contribution in [-0.4, -0.2) is 9.97 Å². The molecule has 14 heavy (non-hydrogen) atoms. The number of fused-ring (bicyclic) bond motifs is 1. The summed E-state index contributed by atoms with van der Waals surface area (Å²) in [5.41, 5.74) is 8.26. The Bertz CT molecular complexity index is 465. The molecule has 1 aromatic carbocycles. The third kappa shape index (κ3) is 1.49. The number of hydrogen-bond donors (Lipinski definition) is 1.